The Morgan fingerprint density at radius 3 is 2.70 bits per heavy atom. The van der Waals surface area contributed by atoms with E-state index in [2.05, 4.69) is 40.3 Å². The summed E-state index contributed by atoms with van der Waals surface area (Å²) in [6.07, 6.45) is 3.55. The van der Waals surface area contributed by atoms with Gasteiger partial charge in [-0.2, -0.15) is 0 Å². The molecular weight excluding hydrogens is 488 g/mol. The van der Waals surface area contributed by atoms with Crippen molar-refractivity contribution in [1.29, 1.82) is 0 Å². The summed E-state index contributed by atoms with van der Waals surface area (Å²) in [4.78, 5) is 18.0. The fraction of sp³-hybridized carbons (Fsp3) is 0.483. The number of amides is 1. The number of rotatable bonds is 6. The maximum absolute atomic E-state index is 13.5. The van der Waals surface area contributed by atoms with Crippen LogP contribution in [0.3, 0.4) is 0 Å². The molecule has 2 atom stereocenters. The van der Waals surface area contributed by atoms with Crippen LogP contribution in [0.25, 0.3) is 5.70 Å². The lowest BCUT2D eigenvalue weighted by Gasteiger charge is -2.37. The summed E-state index contributed by atoms with van der Waals surface area (Å²) in [6.45, 7) is 6.65. The van der Waals surface area contributed by atoms with E-state index in [4.69, 9.17) is 11.6 Å². The van der Waals surface area contributed by atoms with E-state index in [0.717, 1.165) is 61.3 Å². The Kier molecular flexibility index (Phi) is 6.79. The zero-order valence-electron chi connectivity index (χ0n) is 22.1. The summed E-state index contributed by atoms with van der Waals surface area (Å²) >= 11 is 6.27. The Balaban J connectivity index is 1.50. The Hall–Kier alpha value is -2.90. The summed E-state index contributed by atoms with van der Waals surface area (Å²) in [5.74, 6) is -0.153. The summed E-state index contributed by atoms with van der Waals surface area (Å²) in [6, 6.07) is 9.35. The second kappa shape index (κ2) is 9.76. The zero-order valence-corrected chi connectivity index (χ0v) is 22.8. The molecule has 2 aromatic rings. The van der Waals surface area contributed by atoms with E-state index in [0.29, 0.717) is 12.1 Å². The first-order valence-corrected chi connectivity index (χ1v) is 13.4. The van der Waals surface area contributed by atoms with Crippen molar-refractivity contribution in [2.24, 2.45) is 5.41 Å². The third-order valence-corrected chi connectivity index (χ3v) is 8.02. The van der Waals surface area contributed by atoms with Gasteiger partial charge in [-0.05, 0) is 62.0 Å². The maximum Gasteiger partial charge on any atom is 0.251 e. The van der Waals surface area contributed by atoms with Gasteiger partial charge in [-0.3, -0.25) is 4.79 Å². The van der Waals surface area contributed by atoms with Crippen LogP contribution in [-0.4, -0.2) is 65.7 Å². The minimum absolute atomic E-state index is 0.00763. The fourth-order valence-corrected chi connectivity index (χ4v) is 6.44. The van der Waals surface area contributed by atoms with Crippen LogP contribution < -0.4 is 10.6 Å². The van der Waals surface area contributed by atoms with Gasteiger partial charge in [0.25, 0.3) is 5.91 Å². The maximum atomic E-state index is 13.5. The number of nitrogens with zero attached hydrogens (tertiary/aromatic N) is 2. The molecule has 4 aliphatic rings. The number of carbonyl (C=O) groups is 1. The van der Waals surface area contributed by atoms with Crippen LogP contribution in [0.4, 0.5) is 0 Å². The normalized spacial score (nSPS) is 20.9. The lowest BCUT2D eigenvalue weighted by atomic mass is 9.87. The molecule has 37 heavy (non-hydrogen) atoms. The van der Waals surface area contributed by atoms with Crippen molar-refractivity contribution in [1.82, 2.24) is 20.4 Å². The SMILES string of the molecule is CN(C)CC(C)(C)CNC(=O)c1cccc2c1CC1CC(=C(c3cc(Cl)c(O)cc3O)N3CCCC23)N1. The average molecular weight is 525 g/mol. The molecular formula is C29H37ClN4O3. The average Bonchev–Trinajstić information content (AvgIpc) is 3.29. The van der Waals surface area contributed by atoms with Gasteiger partial charge in [0.1, 0.15) is 11.5 Å². The number of nitrogens with one attached hydrogen (secondary N) is 2. The van der Waals surface area contributed by atoms with E-state index in [9.17, 15) is 15.0 Å². The molecule has 4 heterocycles. The molecule has 1 amide bonds. The summed E-state index contributed by atoms with van der Waals surface area (Å²) in [5.41, 5.74) is 5.61. The second-order valence-electron chi connectivity index (χ2n) is 11.7. The molecule has 2 aromatic carbocycles. The lowest BCUT2D eigenvalue weighted by Crippen LogP contribution is -2.44. The Morgan fingerprint density at radius 1 is 1.22 bits per heavy atom. The van der Waals surface area contributed by atoms with E-state index in [-0.39, 0.29) is 39.9 Å². The number of phenols is 2. The topological polar surface area (TPSA) is 88.1 Å². The molecule has 2 saturated heterocycles. The molecule has 6 rings (SSSR count). The molecule has 7 nitrogen and oxygen atoms in total. The van der Waals surface area contributed by atoms with Gasteiger partial charge >= 0.3 is 0 Å². The van der Waals surface area contributed by atoms with Crippen molar-refractivity contribution in [2.45, 2.75) is 51.6 Å². The van der Waals surface area contributed by atoms with E-state index in [1.807, 2.05) is 26.2 Å². The summed E-state index contributed by atoms with van der Waals surface area (Å²) < 4.78 is 0. The predicted molar refractivity (Wildman–Crippen MR) is 147 cm³/mol. The number of phenolic OH excluding ortho intramolecular Hbond substituents is 2. The monoisotopic (exact) mass is 524 g/mol. The van der Waals surface area contributed by atoms with Crippen LogP contribution in [0.1, 0.15) is 66.2 Å². The number of halogens is 1. The molecule has 198 valence electrons. The number of benzene rings is 2. The molecule has 8 heteroatoms. The molecule has 4 aliphatic heterocycles. The van der Waals surface area contributed by atoms with Gasteiger partial charge in [0.05, 0.1) is 16.8 Å². The highest BCUT2D eigenvalue weighted by molar-refractivity contribution is 6.32. The Morgan fingerprint density at radius 2 is 1.97 bits per heavy atom. The molecule has 0 aromatic heterocycles. The van der Waals surface area contributed by atoms with Gasteiger partial charge in [0, 0.05) is 55.0 Å². The van der Waals surface area contributed by atoms with Crippen molar-refractivity contribution in [3.8, 4) is 11.5 Å². The second-order valence-corrected chi connectivity index (χ2v) is 12.1. The fourth-order valence-electron chi connectivity index (χ4n) is 6.28. The quantitative estimate of drug-likeness (QED) is 0.445. The van der Waals surface area contributed by atoms with Crippen molar-refractivity contribution < 1.29 is 15.0 Å². The Labute approximate surface area is 224 Å². The van der Waals surface area contributed by atoms with Gasteiger partial charge in [-0.1, -0.05) is 37.6 Å². The van der Waals surface area contributed by atoms with Crippen molar-refractivity contribution in [3.63, 3.8) is 0 Å². The van der Waals surface area contributed by atoms with E-state index < -0.39 is 0 Å². The molecule has 4 N–H and O–H groups in total. The van der Waals surface area contributed by atoms with Gasteiger partial charge in [-0.25, -0.2) is 0 Å². The molecule has 2 bridgehead atoms. The number of hydrogen-bond donors (Lipinski definition) is 4. The molecule has 2 fully saturated rings. The minimum atomic E-state index is -0.135. The molecule has 0 spiro atoms. The zero-order chi connectivity index (χ0) is 26.5. The molecule has 0 radical (unpaired) electrons. The third kappa shape index (κ3) is 4.99. The molecule has 2 unspecified atom stereocenters. The minimum Gasteiger partial charge on any atom is -0.507 e. The number of hydrogen-bond acceptors (Lipinski definition) is 6. The van der Waals surface area contributed by atoms with Crippen molar-refractivity contribution in [3.05, 3.63) is 63.3 Å². The summed E-state index contributed by atoms with van der Waals surface area (Å²) in [7, 11) is 4.10. The highest BCUT2D eigenvalue weighted by atomic mass is 35.5. The largest absolute Gasteiger partial charge is 0.507 e. The van der Waals surface area contributed by atoms with Crippen LogP contribution in [-0.2, 0) is 6.42 Å². The predicted octanol–water partition coefficient (Wildman–Crippen LogP) is 4.49. The van der Waals surface area contributed by atoms with E-state index >= 15 is 0 Å². The number of carbonyl (C=O) groups excluding carboxylic acids is 1. The lowest BCUT2D eigenvalue weighted by molar-refractivity contribution is 0.0928. The van der Waals surface area contributed by atoms with Crippen LogP contribution in [0.5, 0.6) is 11.5 Å². The molecule has 0 aliphatic carbocycles. The highest BCUT2D eigenvalue weighted by Gasteiger charge is 2.39. The van der Waals surface area contributed by atoms with Crippen LogP contribution in [0, 0.1) is 5.41 Å². The number of aromatic hydroxyl groups is 2. The first-order valence-electron chi connectivity index (χ1n) is 13.1. The molecule has 0 saturated carbocycles. The van der Waals surface area contributed by atoms with E-state index in [1.165, 1.54) is 11.6 Å². The first kappa shape index (κ1) is 25.7. The van der Waals surface area contributed by atoms with Crippen molar-refractivity contribution >= 4 is 23.2 Å². The standard InChI is InChI=1S/C29H37ClN4O3/c1-29(2,16-33(3)4)15-31-28(37)19-8-5-7-18-20(19)11-17-12-23(32-17)27(34-10-6-9-24(18)34)21-13-22(30)26(36)14-25(21)35/h5,7-8,13-14,17,24,32,35-36H,6,9-12,15-16H2,1-4H3,(H,31,37). The van der Waals surface area contributed by atoms with E-state index in [1.54, 1.807) is 6.07 Å². The van der Waals surface area contributed by atoms with Crippen LogP contribution in [0.2, 0.25) is 5.02 Å². The van der Waals surface area contributed by atoms with Crippen LogP contribution >= 0.6 is 11.6 Å². The summed E-state index contributed by atoms with van der Waals surface area (Å²) in [5, 5.41) is 27.8. The Bertz CT molecular complexity index is 1250. The first-order chi connectivity index (χ1) is 17.5. The third-order valence-electron chi connectivity index (χ3n) is 7.71. The van der Waals surface area contributed by atoms with Crippen LogP contribution in [0.15, 0.2) is 36.0 Å². The van der Waals surface area contributed by atoms with Gasteiger partial charge < -0.3 is 30.6 Å². The van der Waals surface area contributed by atoms with Gasteiger partial charge in [0.15, 0.2) is 0 Å². The highest BCUT2D eigenvalue weighted by Crippen LogP contribution is 2.47. The van der Waals surface area contributed by atoms with Crippen molar-refractivity contribution in [2.75, 3.05) is 33.7 Å². The van der Waals surface area contributed by atoms with Gasteiger partial charge in [0.2, 0.25) is 0 Å². The van der Waals surface area contributed by atoms with Gasteiger partial charge in [-0.15, -0.1) is 0 Å². The smallest absolute Gasteiger partial charge is 0.251 e.